The van der Waals surface area contributed by atoms with E-state index >= 15 is 0 Å². The Labute approximate surface area is 146 Å². The first-order valence-corrected chi connectivity index (χ1v) is 8.29. The van der Waals surface area contributed by atoms with E-state index in [9.17, 15) is 4.79 Å². The number of carbonyl (C=O) groups excluding carboxylic acids is 1. The molecule has 0 spiro atoms. The van der Waals surface area contributed by atoms with Crippen molar-refractivity contribution in [3.8, 4) is 11.8 Å². The number of hydrogen-bond donors (Lipinski definition) is 0. The van der Waals surface area contributed by atoms with Crippen molar-refractivity contribution in [3.63, 3.8) is 0 Å². The third kappa shape index (κ3) is 3.89. The number of hydrogen-bond acceptors (Lipinski definition) is 7. The molecule has 1 aliphatic heterocycles. The summed E-state index contributed by atoms with van der Waals surface area (Å²) >= 11 is 0. The zero-order valence-electron chi connectivity index (χ0n) is 14.7. The summed E-state index contributed by atoms with van der Waals surface area (Å²) in [4.78, 5) is 22.7. The monoisotopic (exact) mass is 346 g/mol. The molecule has 3 rings (SSSR count). The van der Waals surface area contributed by atoms with E-state index in [1.54, 1.807) is 12.4 Å². The molecule has 1 amide bonds. The fraction of sp³-hybridized carbons (Fsp3) is 0.529. The first-order valence-electron chi connectivity index (χ1n) is 8.29. The Morgan fingerprint density at radius 3 is 2.76 bits per heavy atom. The molecule has 0 bridgehead atoms. The van der Waals surface area contributed by atoms with Crippen LogP contribution >= 0.6 is 0 Å². The second-order valence-corrected chi connectivity index (χ2v) is 6.07. The molecule has 1 atom stereocenters. The van der Waals surface area contributed by atoms with Gasteiger partial charge < -0.3 is 18.9 Å². The number of ether oxygens (including phenoxy) is 2. The predicted molar refractivity (Wildman–Crippen MR) is 88.5 cm³/mol. The molecule has 3 heterocycles. The standard InChI is InChI=1S/C17H22N4O4/c1-11-14(12(2)25-20-11)9-15(22)21-8-4-5-13(10-21)24-17-16(23-3)18-6-7-19-17/h6-7,13H,4-5,8-10H2,1-3H3/t13-/m0/s1. The maximum Gasteiger partial charge on any atom is 0.278 e. The average molecular weight is 346 g/mol. The minimum absolute atomic E-state index is 0.0498. The summed E-state index contributed by atoms with van der Waals surface area (Å²) in [6.07, 6.45) is 5.00. The largest absolute Gasteiger partial charge is 0.477 e. The molecule has 0 N–H and O–H groups in total. The molecule has 0 unspecified atom stereocenters. The number of methoxy groups -OCH3 is 1. The van der Waals surface area contributed by atoms with Crippen LogP contribution in [0.15, 0.2) is 16.9 Å². The van der Waals surface area contributed by atoms with Gasteiger partial charge in [0, 0.05) is 24.5 Å². The van der Waals surface area contributed by atoms with E-state index in [1.165, 1.54) is 7.11 Å². The van der Waals surface area contributed by atoms with Crippen molar-refractivity contribution >= 4 is 5.91 Å². The summed E-state index contributed by atoms with van der Waals surface area (Å²) < 4.78 is 16.2. The highest BCUT2D eigenvalue weighted by atomic mass is 16.5. The lowest BCUT2D eigenvalue weighted by Crippen LogP contribution is -2.45. The molecule has 0 aliphatic carbocycles. The van der Waals surface area contributed by atoms with Gasteiger partial charge in [-0.1, -0.05) is 5.16 Å². The van der Waals surface area contributed by atoms with Gasteiger partial charge in [0.25, 0.3) is 11.8 Å². The van der Waals surface area contributed by atoms with Crippen LogP contribution < -0.4 is 9.47 Å². The summed E-state index contributed by atoms with van der Waals surface area (Å²) in [5, 5.41) is 3.90. The van der Waals surface area contributed by atoms with E-state index in [0.29, 0.717) is 30.5 Å². The highest BCUT2D eigenvalue weighted by Crippen LogP contribution is 2.24. The molecular weight excluding hydrogens is 324 g/mol. The minimum Gasteiger partial charge on any atom is -0.477 e. The van der Waals surface area contributed by atoms with Gasteiger partial charge in [-0.3, -0.25) is 4.79 Å². The molecule has 1 aliphatic rings. The Bertz CT molecular complexity index is 726. The number of carbonyl (C=O) groups is 1. The van der Waals surface area contributed by atoms with Gasteiger partial charge in [-0.25, -0.2) is 9.97 Å². The molecule has 2 aromatic rings. The molecule has 134 valence electrons. The smallest absolute Gasteiger partial charge is 0.278 e. The predicted octanol–water partition coefficient (Wildman–Crippen LogP) is 1.70. The fourth-order valence-electron chi connectivity index (χ4n) is 2.97. The number of likely N-dealkylation sites (tertiary alicyclic amines) is 1. The normalized spacial score (nSPS) is 17.4. The Morgan fingerprint density at radius 2 is 2.08 bits per heavy atom. The quantitative estimate of drug-likeness (QED) is 0.814. The maximum atomic E-state index is 12.6. The van der Waals surface area contributed by atoms with Gasteiger partial charge in [-0.2, -0.15) is 0 Å². The summed E-state index contributed by atoms with van der Waals surface area (Å²) in [5.74, 6) is 1.45. The third-order valence-corrected chi connectivity index (χ3v) is 4.34. The van der Waals surface area contributed by atoms with E-state index < -0.39 is 0 Å². The number of piperidine rings is 1. The first kappa shape index (κ1) is 17.2. The number of aryl methyl sites for hydroxylation is 2. The van der Waals surface area contributed by atoms with Crippen LogP contribution in [0.2, 0.25) is 0 Å². The molecule has 0 aromatic carbocycles. The van der Waals surface area contributed by atoms with Crippen molar-refractivity contribution in [3.05, 3.63) is 29.4 Å². The van der Waals surface area contributed by atoms with Crippen LogP contribution in [-0.4, -0.2) is 52.2 Å². The van der Waals surface area contributed by atoms with Crippen molar-refractivity contribution in [2.75, 3.05) is 20.2 Å². The zero-order chi connectivity index (χ0) is 17.8. The van der Waals surface area contributed by atoms with Crippen LogP contribution in [-0.2, 0) is 11.2 Å². The average Bonchev–Trinajstić information content (AvgIpc) is 2.94. The molecule has 25 heavy (non-hydrogen) atoms. The lowest BCUT2D eigenvalue weighted by Gasteiger charge is -2.32. The van der Waals surface area contributed by atoms with E-state index in [1.807, 2.05) is 18.7 Å². The van der Waals surface area contributed by atoms with Crippen LogP contribution in [0, 0.1) is 13.8 Å². The summed E-state index contributed by atoms with van der Waals surface area (Å²) in [6, 6.07) is 0. The number of aromatic nitrogens is 3. The lowest BCUT2D eigenvalue weighted by atomic mass is 10.1. The zero-order valence-corrected chi connectivity index (χ0v) is 14.7. The summed E-state index contributed by atoms with van der Waals surface area (Å²) in [7, 11) is 1.52. The first-order chi connectivity index (χ1) is 12.1. The highest BCUT2D eigenvalue weighted by molar-refractivity contribution is 5.79. The van der Waals surface area contributed by atoms with E-state index in [0.717, 1.165) is 30.6 Å². The van der Waals surface area contributed by atoms with Crippen LogP contribution in [0.4, 0.5) is 0 Å². The van der Waals surface area contributed by atoms with E-state index in [4.69, 9.17) is 14.0 Å². The second-order valence-electron chi connectivity index (χ2n) is 6.07. The van der Waals surface area contributed by atoms with Crippen molar-refractivity contribution in [2.24, 2.45) is 0 Å². The van der Waals surface area contributed by atoms with Crippen molar-refractivity contribution in [1.29, 1.82) is 0 Å². The molecule has 2 aromatic heterocycles. The third-order valence-electron chi connectivity index (χ3n) is 4.34. The molecular formula is C17H22N4O4. The Hall–Kier alpha value is -2.64. The van der Waals surface area contributed by atoms with Crippen molar-refractivity contribution < 1.29 is 18.8 Å². The lowest BCUT2D eigenvalue weighted by molar-refractivity contribution is -0.133. The number of rotatable bonds is 5. The minimum atomic E-state index is -0.132. The van der Waals surface area contributed by atoms with Gasteiger partial charge in [0.2, 0.25) is 5.91 Å². The van der Waals surface area contributed by atoms with Crippen LogP contribution in [0.3, 0.4) is 0 Å². The molecule has 1 fully saturated rings. The molecule has 1 saturated heterocycles. The molecule has 8 heteroatoms. The van der Waals surface area contributed by atoms with Crippen LogP contribution in [0.5, 0.6) is 11.8 Å². The van der Waals surface area contributed by atoms with Crippen molar-refractivity contribution in [2.45, 2.75) is 39.2 Å². The van der Waals surface area contributed by atoms with Gasteiger partial charge >= 0.3 is 0 Å². The summed E-state index contributed by atoms with van der Waals surface area (Å²) in [6.45, 7) is 4.91. The Balaban J connectivity index is 1.63. The number of amides is 1. The van der Waals surface area contributed by atoms with Gasteiger partial charge in [-0.05, 0) is 26.7 Å². The van der Waals surface area contributed by atoms with Gasteiger partial charge in [0.15, 0.2) is 0 Å². The van der Waals surface area contributed by atoms with E-state index in [2.05, 4.69) is 15.1 Å². The second kappa shape index (κ2) is 7.50. The molecule has 0 saturated carbocycles. The SMILES string of the molecule is COc1nccnc1O[C@H]1CCCN(C(=O)Cc2c(C)noc2C)C1. The maximum absolute atomic E-state index is 12.6. The van der Waals surface area contributed by atoms with Gasteiger partial charge in [0.05, 0.1) is 25.8 Å². The van der Waals surface area contributed by atoms with Crippen molar-refractivity contribution in [1.82, 2.24) is 20.0 Å². The Kier molecular flexibility index (Phi) is 5.16. The number of nitrogens with zero attached hydrogens (tertiary/aromatic N) is 4. The van der Waals surface area contributed by atoms with Crippen LogP contribution in [0.25, 0.3) is 0 Å². The fourth-order valence-corrected chi connectivity index (χ4v) is 2.97. The van der Waals surface area contributed by atoms with Crippen LogP contribution in [0.1, 0.15) is 29.9 Å². The molecule has 0 radical (unpaired) electrons. The topological polar surface area (TPSA) is 90.6 Å². The summed E-state index contributed by atoms with van der Waals surface area (Å²) in [5.41, 5.74) is 1.63. The van der Waals surface area contributed by atoms with Gasteiger partial charge in [-0.15, -0.1) is 0 Å². The van der Waals surface area contributed by atoms with E-state index in [-0.39, 0.29) is 12.0 Å². The molecule has 8 nitrogen and oxygen atoms in total. The highest BCUT2D eigenvalue weighted by Gasteiger charge is 2.27. The Morgan fingerprint density at radius 1 is 1.32 bits per heavy atom. The van der Waals surface area contributed by atoms with Gasteiger partial charge in [0.1, 0.15) is 11.9 Å².